The van der Waals surface area contributed by atoms with Crippen LogP contribution in [0, 0.1) is 11.7 Å². The Morgan fingerprint density at radius 1 is 1.07 bits per heavy atom. The van der Waals surface area contributed by atoms with Gasteiger partial charge in [-0.2, -0.15) is 4.31 Å². The van der Waals surface area contributed by atoms with Gasteiger partial charge < -0.3 is 19.8 Å². The van der Waals surface area contributed by atoms with E-state index < -0.39 is 32.8 Å². The average Bonchev–Trinajstić information content (AvgIpc) is 3.31. The zero-order valence-electron chi connectivity index (χ0n) is 22.7. The highest BCUT2D eigenvalue weighted by Crippen LogP contribution is 2.47. The average molecular weight is 601 g/mol. The first kappa shape index (κ1) is 28.1. The van der Waals surface area contributed by atoms with Crippen molar-refractivity contribution in [2.75, 3.05) is 18.5 Å². The largest absolute Gasteiger partial charge is 0.489 e. The predicted octanol–water partition coefficient (Wildman–Crippen LogP) is 5.88. The fourth-order valence-electron chi connectivity index (χ4n) is 6.27. The number of rotatable bonds is 6. The number of aliphatic hydroxyl groups excluding tert-OH is 1. The number of carboxylic acids is 1. The molecule has 1 aliphatic heterocycles. The first-order valence-corrected chi connectivity index (χ1v) is 16.3. The second-order valence-corrected chi connectivity index (χ2v) is 14.2. The van der Waals surface area contributed by atoms with Crippen LogP contribution in [0.2, 0.25) is 0 Å². The standard InChI is InChI=1S/C30H33FN2O6S2/c1-32-25(18-8-4-2-5-9-18)17-33(19-10-6-3-7-11-19)24-16-26(39-21-12-20(34)13-21)22(14-28(24)41(32,37)38)27-15-23(31)29(40-27)30(35)36/h3,6-7,10-11,14-16,18,20-21,25,34H,2,4-5,8-9,12-13,17H2,1H3,(H,35,36)/t20?,21?,25-/m0/s1. The van der Waals surface area contributed by atoms with Crippen molar-refractivity contribution in [1.29, 1.82) is 0 Å². The minimum atomic E-state index is -4.00. The Kier molecular flexibility index (Phi) is 7.56. The molecule has 2 saturated carbocycles. The zero-order valence-corrected chi connectivity index (χ0v) is 24.3. The van der Waals surface area contributed by atoms with Crippen LogP contribution in [0.25, 0.3) is 10.4 Å². The summed E-state index contributed by atoms with van der Waals surface area (Å²) in [5, 5.41) is 19.3. The number of anilines is 2. The van der Waals surface area contributed by atoms with Gasteiger partial charge in [-0.3, -0.25) is 0 Å². The summed E-state index contributed by atoms with van der Waals surface area (Å²) in [5.41, 5.74) is 1.60. The SMILES string of the molecule is CN1[C@H](C2CCCCC2)CN(c2ccccc2)c2cc(OC3CC(O)C3)c(-c3cc(F)c(C(=O)O)s3)cc2S1(=O)=O. The zero-order chi connectivity index (χ0) is 28.9. The lowest BCUT2D eigenvalue weighted by Crippen LogP contribution is -2.46. The summed E-state index contributed by atoms with van der Waals surface area (Å²) in [4.78, 5) is 13.5. The van der Waals surface area contributed by atoms with E-state index in [1.54, 1.807) is 13.1 Å². The van der Waals surface area contributed by atoms with Gasteiger partial charge in [-0.05, 0) is 43.0 Å². The fourth-order valence-corrected chi connectivity index (χ4v) is 8.77. The van der Waals surface area contributed by atoms with Gasteiger partial charge in [0.25, 0.3) is 0 Å². The van der Waals surface area contributed by atoms with Gasteiger partial charge in [0.1, 0.15) is 27.4 Å². The smallest absolute Gasteiger partial charge is 0.348 e. The molecule has 0 saturated heterocycles. The van der Waals surface area contributed by atoms with Gasteiger partial charge in [-0.15, -0.1) is 11.3 Å². The van der Waals surface area contributed by atoms with Gasteiger partial charge in [0, 0.05) is 54.7 Å². The van der Waals surface area contributed by atoms with Crippen LogP contribution in [0.5, 0.6) is 5.75 Å². The van der Waals surface area contributed by atoms with Crippen molar-refractivity contribution in [1.82, 2.24) is 4.31 Å². The third-order valence-electron chi connectivity index (χ3n) is 8.62. The molecule has 0 bridgehead atoms. The number of hydrogen-bond acceptors (Lipinski definition) is 7. The van der Waals surface area contributed by atoms with E-state index >= 15 is 0 Å². The number of nitrogens with zero attached hydrogens (tertiary/aromatic N) is 2. The molecule has 218 valence electrons. The summed E-state index contributed by atoms with van der Waals surface area (Å²) in [6, 6.07) is 13.7. The molecule has 0 radical (unpaired) electrons. The van der Waals surface area contributed by atoms with Crippen molar-refractivity contribution in [3.63, 3.8) is 0 Å². The van der Waals surface area contributed by atoms with Crippen LogP contribution in [0.15, 0.2) is 53.4 Å². The number of aliphatic hydroxyl groups is 1. The predicted molar refractivity (Wildman–Crippen MR) is 155 cm³/mol. The fraction of sp³-hybridized carbons (Fsp3) is 0.433. The van der Waals surface area contributed by atoms with Gasteiger partial charge in [-0.25, -0.2) is 17.6 Å². The first-order valence-electron chi connectivity index (χ1n) is 14.0. The third-order valence-corrected chi connectivity index (χ3v) is 11.7. The van der Waals surface area contributed by atoms with Crippen molar-refractivity contribution < 1.29 is 32.6 Å². The normalized spacial score (nSPS) is 24.8. The number of sulfonamides is 1. The van der Waals surface area contributed by atoms with E-state index in [9.17, 15) is 27.8 Å². The van der Waals surface area contributed by atoms with Crippen molar-refractivity contribution in [3.8, 4) is 16.2 Å². The number of benzene rings is 2. The minimum Gasteiger partial charge on any atom is -0.489 e. The highest BCUT2D eigenvalue weighted by Gasteiger charge is 2.42. The topological polar surface area (TPSA) is 107 Å². The molecule has 2 heterocycles. The number of carboxylic acid groups (broad SMARTS) is 1. The molecule has 1 atom stereocenters. The lowest BCUT2D eigenvalue weighted by atomic mass is 9.83. The molecule has 2 aliphatic carbocycles. The summed E-state index contributed by atoms with van der Waals surface area (Å²) in [5.74, 6) is -1.74. The molecule has 8 nitrogen and oxygen atoms in total. The number of likely N-dealkylation sites (N-methyl/N-ethyl adjacent to an activating group) is 1. The molecule has 3 aliphatic rings. The van der Waals surface area contributed by atoms with Crippen molar-refractivity contribution in [2.45, 2.75) is 68.1 Å². The summed E-state index contributed by atoms with van der Waals surface area (Å²) in [6.07, 6.45) is 5.27. The Hall–Kier alpha value is -2.99. The second-order valence-electron chi connectivity index (χ2n) is 11.2. The van der Waals surface area contributed by atoms with E-state index in [1.165, 1.54) is 10.4 Å². The van der Waals surface area contributed by atoms with E-state index in [2.05, 4.69) is 0 Å². The molecular weight excluding hydrogens is 567 g/mol. The number of aromatic carboxylic acids is 1. The third kappa shape index (κ3) is 5.24. The molecular formula is C30H33FN2O6S2. The molecule has 2 N–H and O–H groups in total. The number of carbonyl (C=O) groups is 1. The van der Waals surface area contributed by atoms with Crippen LogP contribution < -0.4 is 9.64 Å². The Bertz CT molecular complexity index is 1550. The molecule has 11 heteroatoms. The lowest BCUT2D eigenvalue weighted by Gasteiger charge is -2.37. The van der Waals surface area contributed by atoms with Crippen LogP contribution in [0.4, 0.5) is 15.8 Å². The molecule has 0 unspecified atom stereocenters. The molecule has 41 heavy (non-hydrogen) atoms. The Balaban J connectivity index is 1.55. The number of hydrogen-bond donors (Lipinski definition) is 2. The maximum absolute atomic E-state index is 14.6. The molecule has 0 spiro atoms. The van der Waals surface area contributed by atoms with Gasteiger partial charge in [0.15, 0.2) is 0 Å². The van der Waals surface area contributed by atoms with E-state index in [1.807, 2.05) is 35.2 Å². The highest BCUT2D eigenvalue weighted by molar-refractivity contribution is 7.89. The second kappa shape index (κ2) is 11.0. The van der Waals surface area contributed by atoms with Gasteiger partial charge in [0.2, 0.25) is 10.0 Å². The van der Waals surface area contributed by atoms with E-state index in [4.69, 9.17) is 4.74 Å². The Morgan fingerprint density at radius 2 is 1.78 bits per heavy atom. The lowest BCUT2D eigenvalue weighted by molar-refractivity contribution is -0.0105. The van der Waals surface area contributed by atoms with Crippen LogP contribution in [-0.2, 0) is 10.0 Å². The summed E-state index contributed by atoms with van der Waals surface area (Å²) in [6.45, 7) is 0.454. The number of para-hydroxylation sites is 1. The summed E-state index contributed by atoms with van der Waals surface area (Å²) in [7, 11) is -2.36. The molecule has 6 rings (SSSR count). The minimum absolute atomic E-state index is 0.0591. The molecule has 2 fully saturated rings. The van der Waals surface area contributed by atoms with Crippen molar-refractivity contribution >= 4 is 38.7 Å². The van der Waals surface area contributed by atoms with E-state index in [0.29, 0.717) is 36.4 Å². The van der Waals surface area contributed by atoms with Crippen LogP contribution in [0.1, 0.15) is 54.6 Å². The monoisotopic (exact) mass is 600 g/mol. The van der Waals surface area contributed by atoms with Crippen LogP contribution in [0.3, 0.4) is 0 Å². The maximum atomic E-state index is 14.6. The van der Waals surface area contributed by atoms with Gasteiger partial charge >= 0.3 is 5.97 Å². The molecule has 0 amide bonds. The number of fused-ring (bicyclic) bond motifs is 1. The summed E-state index contributed by atoms with van der Waals surface area (Å²) >= 11 is 0.739. The molecule has 3 aromatic rings. The van der Waals surface area contributed by atoms with Crippen LogP contribution >= 0.6 is 11.3 Å². The van der Waals surface area contributed by atoms with Crippen molar-refractivity contribution in [3.05, 3.63) is 59.2 Å². The first-order chi connectivity index (χ1) is 19.6. The quantitative estimate of drug-likeness (QED) is 0.364. The number of thiophene rings is 1. The summed E-state index contributed by atoms with van der Waals surface area (Å²) < 4.78 is 51.1. The molecule has 2 aromatic carbocycles. The van der Waals surface area contributed by atoms with Gasteiger partial charge in [0.05, 0.1) is 11.8 Å². The Morgan fingerprint density at radius 3 is 2.41 bits per heavy atom. The van der Waals surface area contributed by atoms with E-state index in [-0.39, 0.29) is 27.8 Å². The van der Waals surface area contributed by atoms with Crippen LogP contribution in [-0.4, -0.2) is 60.7 Å². The highest BCUT2D eigenvalue weighted by atomic mass is 32.2. The Labute approximate surface area is 243 Å². The van der Waals surface area contributed by atoms with E-state index in [0.717, 1.165) is 55.2 Å². The van der Waals surface area contributed by atoms with Gasteiger partial charge in [-0.1, -0.05) is 37.5 Å². The molecule has 1 aromatic heterocycles. The number of ether oxygens (including phenoxy) is 1. The number of halogens is 1. The maximum Gasteiger partial charge on any atom is 0.348 e. The van der Waals surface area contributed by atoms with Crippen molar-refractivity contribution in [2.24, 2.45) is 5.92 Å².